The third-order valence-electron chi connectivity index (χ3n) is 4.62. The molecule has 1 amide bonds. The lowest BCUT2D eigenvalue weighted by Gasteiger charge is -2.09. The van der Waals surface area contributed by atoms with Crippen molar-refractivity contribution in [2.24, 2.45) is 0 Å². The number of nitrogens with zero attached hydrogens (tertiary/aromatic N) is 2. The van der Waals surface area contributed by atoms with Crippen molar-refractivity contribution in [3.8, 4) is 5.75 Å². The third kappa shape index (κ3) is 4.53. The van der Waals surface area contributed by atoms with Crippen LogP contribution in [0, 0.1) is 6.92 Å². The third-order valence-corrected chi connectivity index (χ3v) is 4.62. The Bertz CT molecular complexity index is 1030. The van der Waals surface area contributed by atoms with Crippen LogP contribution in [0.2, 0.25) is 0 Å². The summed E-state index contributed by atoms with van der Waals surface area (Å²) in [6.07, 6.45) is 2.07. The smallest absolute Gasteiger partial charge is 0.339 e. The van der Waals surface area contributed by atoms with Crippen LogP contribution >= 0.6 is 0 Å². The molecule has 3 aromatic rings. The maximum Gasteiger partial charge on any atom is 0.339 e. The van der Waals surface area contributed by atoms with E-state index in [9.17, 15) is 9.59 Å². The van der Waals surface area contributed by atoms with Crippen molar-refractivity contribution in [1.29, 1.82) is 0 Å². The molecule has 0 aliphatic heterocycles. The van der Waals surface area contributed by atoms with E-state index in [1.165, 1.54) is 0 Å². The molecule has 1 fully saturated rings. The first kappa shape index (κ1) is 18.9. The molecule has 150 valence electrons. The first-order valence-electron chi connectivity index (χ1n) is 9.50. The maximum absolute atomic E-state index is 12.6. The topological polar surface area (TPSA) is 104 Å². The van der Waals surface area contributed by atoms with Gasteiger partial charge in [0.2, 0.25) is 0 Å². The molecule has 0 atom stereocenters. The van der Waals surface area contributed by atoms with E-state index in [2.05, 4.69) is 15.5 Å². The van der Waals surface area contributed by atoms with Crippen LogP contribution < -0.4 is 10.1 Å². The van der Waals surface area contributed by atoms with Gasteiger partial charge in [-0.2, -0.15) is 0 Å². The Morgan fingerprint density at radius 1 is 1.24 bits per heavy atom. The summed E-state index contributed by atoms with van der Waals surface area (Å²) in [7, 11) is 0. The van der Waals surface area contributed by atoms with Gasteiger partial charge in [0.05, 0.1) is 23.2 Å². The summed E-state index contributed by atoms with van der Waals surface area (Å²) in [4.78, 5) is 29.0. The zero-order chi connectivity index (χ0) is 20.2. The predicted molar refractivity (Wildman–Crippen MR) is 104 cm³/mol. The van der Waals surface area contributed by atoms with Gasteiger partial charge in [0.1, 0.15) is 12.4 Å². The molecular weight excluding hydrogens is 374 g/mol. The molecule has 0 bridgehead atoms. The summed E-state index contributed by atoms with van der Waals surface area (Å²) in [5, 5.41) is 7.07. The van der Waals surface area contributed by atoms with Crippen molar-refractivity contribution in [2.45, 2.75) is 25.7 Å². The Balaban J connectivity index is 1.31. The molecule has 8 heteroatoms. The SMILES string of the molecule is Cc1noc2nc(C3CC3)cc(C(=O)OCC(=O)NCCOc3ccccc3)c12. The molecule has 4 rings (SSSR count). The molecule has 2 aromatic heterocycles. The highest BCUT2D eigenvalue weighted by Gasteiger charge is 2.29. The molecule has 29 heavy (non-hydrogen) atoms. The van der Waals surface area contributed by atoms with E-state index in [1.54, 1.807) is 13.0 Å². The van der Waals surface area contributed by atoms with Crippen LogP contribution in [0.3, 0.4) is 0 Å². The fraction of sp³-hybridized carbons (Fsp3) is 0.333. The number of aryl methyl sites for hydroxylation is 1. The molecule has 0 spiro atoms. The molecule has 0 saturated heterocycles. The lowest BCUT2D eigenvalue weighted by molar-refractivity contribution is -0.124. The number of esters is 1. The zero-order valence-electron chi connectivity index (χ0n) is 16.0. The van der Waals surface area contributed by atoms with Crippen LogP contribution in [0.15, 0.2) is 40.9 Å². The van der Waals surface area contributed by atoms with Crippen LogP contribution in [0.4, 0.5) is 0 Å². The molecular formula is C21H21N3O5. The Morgan fingerprint density at radius 2 is 2.03 bits per heavy atom. The van der Waals surface area contributed by atoms with Gasteiger partial charge in [-0.05, 0) is 38.0 Å². The van der Waals surface area contributed by atoms with Crippen molar-refractivity contribution < 1.29 is 23.6 Å². The normalized spacial score (nSPS) is 13.3. The summed E-state index contributed by atoms with van der Waals surface area (Å²) in [6, 6.07) is 11.0. The minimum Gasteiger partial charge on any atom is -0.492 e. The van der Waals surface area contributed by atoms with E-state index in [4.69, 9.17) is 14.0 Å². The number of fused-ring (bicyclic) bond motifs is 1. The largest absolute Gasteiger partial charge is 0.492 e. The summed E-state index contributed by atoms with van der Waals surface area (Å²) in [5.74, 6) is 0.0702. The molecule has 2 heterocycles. The fourth-order valence-corrected chi connectivity index (χ4v) is 3.00. The van der Waals surface area contributed by atoms with E-state index < -0.39 is 11.9 Å². The van der Waals surface area contributed by atoms with Gasteiger partial charge in [0, 0.05) is 11.6 Å². The van der Waals surface area contributed by atoms with Gasteiger partial charge in [-0.25, -0.2) is 9.78 Å². The number of pyridine rings is 1. The fourth-order valence-electron chi connectivity index (χ4n) is 3.00. The number of aromatic nitrogens is 2. The van der Waals surface area contributed by atoms with Crippen molar-refractivity contribution in [2.75, 3.05) is 19.8 Å². The number of para-hydroxylation sites is 1. The van der Waals surface area contributed by atoms with E-state index >= 15 is 0 Å². The minimum absolute atomic E-state index is 0.307. The van der Waals surface area contributed by atoms with Crippen LogP contribution in [0.1, 0.15) is 40.5 Å². The number of carbonyl (C=O) groups excluding carboxylic acids is 2. The molecule has 1 aliphatic rings. The lowest BCUT2D eigenvalue weighted by atomic mass is 10.1. The Kier molecular flexibility index (Phi) is 5.41. The van der Waals surface area contributed by atoms with Gasteiger partial charge in [0.15, 0.2) is 6.61 Å². The monoisotopic (exact) mass is 395 g/mol. The van der Waals surface area contributed by atoms with Crippen molar-refractivity contribution in [3.05, 3.63) is 53.3 Å². The van der Waals surface area contributed by atoms with Gasteiger partial charge in [-0.3, -0.25) is 4.79 Å². The number of rotatable bonds is 8. The first-order chi connectivity index (χ1) is 14.1. The molecule has 0 radical (unpaired) electrons. The molecule has 0 unspecified atom stereocenters. The second-order valence-corrected chi connectivity index (χ2v) is 6.90. The van der Waals surface area contributed by atoms with Gasteiger partial charge in [-0.15, -0.1) is 0 Å². The number of hydrogen-bond acceptors (Lipinski definition) is 7. The summed E-state index contributed by atoms with van der Waals surface area (Å²) < 4.78 is 15.9. The van der Waals surface area contributed by atoms with Crippen LogP contribution in [-0.4, -0.2) is 41.8 Å². The Labute approximate surface area is 167 Å². The predicted octanol–water partition coefficient (Wildman–Crippen LogP) is 2.76. The number of ether oxygens (including phenoxy) is 2. The number of amides is 1. The van der Waals surface area contributed by atoms with E-state index in [0.717, 1.165) is 24.3 Å². The first-order valence-corrected chi connectivity index (χ1v) is 9.50. The number of benzene rings is 1. The molecule has 1 saturated carbocycles. The molecule has 1 N–H and O–H groups in total. The summed E-state index contributed by atoms with van der Waals surface area (Å²) in [5.41, 5.74) is 2.00. The molecule has 1 aromatic carbocycles. The van der Waals surface area contributed by atoms with Crippen molar-refractivity contribution in [3.63, 3.8) is 0 Å². The maximum atomic E-state index is 12.6. The second-order valence-electron chi connectivity index (χ2n) is 6.90. The average molecular weight is 395 g/mol. The van der Waals surface area contributed by atoms with E-state index in [-0.39, 0.29) is 6.61 Å². The van der Waals surface area contributed by atoms with E-state index in [0.29, 0.717) is 41.4 Å². The Morgan fingerprint density at radius 3 is 2.79 bits per heavy atom. The zero-order valence-corrected chi connectivity index (χ0v) is 16.0. The second kappa shape index (κ2) is 8.30. The summed E-state index contributed by atoms with van der Waals surface area (Å²) in [6.45, 7) is 1.98. The van der Waals surface area contributed by atoms with Gasteiger partial charge in [-0.1, -0.05) is 23.4 Å². The molecule has 1 aliphatic carbocycles. The van der Waals surface area contributed by atoms with Crippen molar-refractivity contribution >= 4 is 23.0 Å². The average Bonchev–Trinajstić information content (AvgIpc) is 3.53. The van der Waals surface area contributed by atoms with Gasteiger partial charge in [0.25, 0.3) is 11.6 Å². The summed E-state index contributed by atoms with van der Waals surface area (Å²) >= 11 is 0. The number of nitrogens with one attached hydrogen (secondary N) is 1. The van der Waals surface area contributed by atoms with Crippen LogP contribution in [-0.2, 0) is 9.53 Å². The van der Waals surface area contributed by atoms with Gasteiger partial charge >= 0.3 is 5.97 Å². The van der Waals surface area contributed by atoms with E-state index in [1.807, 2.05) is 30.3 Å². The lowest BCUT2D eigenvalue weighted by Crippen LogP contribution is -2.32. The van der Waals surface area contributed by atoms with Crippen LogP contribution in [0.5, 0.6) is 5.75 Å². The molecule has 8 nitrogen and oxygen atoms in total. The van der Waals surface area contributed by atoms with Crippen LogP contribution in [0.25, 0.3) is 11.1 Å². The van der Waals surface area contributed by atoms with Crippen molar-refractivity contribution in [1.82, 2.24) is 15.5 Å². The minimum atomic E-state index is -0.596. The standard InChI is InChI=1S/C21H21N3O5/c1-13-19-16(11-17(14-7-8-14)23-20(19)29-24-13)21(26)28-12-18(25)22-9-10-27-15-5-3-2-4-6-15/h2-6,11,14H,7-10,12H2,1H3,(H,22,25). The van der Waals surface area contributed by atoms with Gasteiger partial charge < -0.3 is 19.3 Å². The highest BCUT2D eigenvalue weighted by atomic mass is 16.5. The quantitative estimate of drug-likeness (QED) is 0.462. The highest BCUT2D eigenvalue weighted by molar-refractivity contribution is 6.03. The number of hydrogen-bond donors (Lipinski definition) is 1. The number of carbonyl (C=O) groups is 2. The highest BCUT2D eigenvalue weighted by Crippen LogP contribution is 2.40. The Hall–Kier alpha value is -3.42.